The first-order chi connectivity index (χ1) is 19.3. The fourth-order valence-electron chi connectivity index (χ4n) is 6.18. The topological polar surface area (TPSA) is 9.86 Å². The Morgan fingerprint density at radius 2 is 0.949 bits per heavy atom. The molecule has 0 saturated heterocycles. The maximum Gasteiger partial charge on any atom is 0.0641 e. The number of benzene rings is 6. The van der Waals surface area contributed by atoms with E-state index < -0.39 is 0 Å². The van der Waals surface area contributed by atoms with Gasteiger partial charge in [-0.1, -0.05) is 103 Å². The highest BCUT2D eigenvalue weighted by molar-refractivity contribution is 6.26. The largest absolute Gasteiger partial charge is 0.309 e. The van der Waals surface area contributed by atoms with Gasteiger partial charge in [0.15, 0.2) is 0 Å². The van der Waals surface area contributed by atoms with Crippen LogP contribution in [0.15, 0.2) is 140 Å². The number of hydrogen-bond acceptors (Lipinski definition) is 0. The molecule has 0 N–H and O–H groups in total. The van der Waals surface area contributed by atoms with Gasteiger partial charge in [0, 0.05) is 32.9 Å². The number of hydrogen-bond donors (Lipinski definition) is 0. The molecule has 8 aromatic rings. The maximum absolute atomic E-state index is 2.45. The molecule has 0 saturated carbocycles. The molecular weight excluding hydrogens is 472 g/mol. The molecule has 0 aliphatic heterocycles. The predicted octanol–water partition coefficient (Wildman–Crippen LogP) is 9.86. The summed E-state index contributed by atoms with van der Waals surface area (Å²) in [6.07, 6.45) is 0. The van der Waals surface area contributed by atoms with E-state index in [1.54, 1.807) is 0 Å². The molecule has 0 unspecified atom stereocenters. The number of fused-ring (bicyclic) bond motifs is 7. The molecule has 6 aromatic carbocycles. The number of aromatic nitrogens is 2. The molecule has 0 atom stereocenters. The van der Waals surface area contributed by atoms with Crippen molar-refractivity contribution in [3.8, 4) is 22.5 Å². The van der Waals surface area contributed by atoms with Crippen molar-refractivity contribution < 1.29 is 0 Å². The summed E-state index contributed by atoms with van der Waals surface area (Å²) in [5, 5.41) is 5.10. The van der Waals surface area contributed by atoms with Gasteiger partial charge in [0.2, 0.25) is 0 Å². The van der Waals surface area contributed by atoms with Crippen molar-refractivity contribution in [2.75, 3.05) is 0 Å². The number of nitrogens with zero attached hydrogens (tertiary/aromatic N) is 2. The lowest BCUT2D eigenvalue weighted by Crippen LogP contribution is -1.95. The van der Waals surface area contributed by atoms with E-state index in [9.17, 15) is 0 Å². The molecule has 8 rings (SSSR count). The fraction of sp³-hybridized carbons (Fsp3) is 0.0270. The summed E-state index contributed by atoms with van der Waals surface area (Å²) in [4.78, 5) is 0. The van der Waals surface area contributed by atoms with Gasteiger partial charge in [0.25, 0.3) is 0 Å². The summed E-state index contributed by atoms with van der Waals surface area (Å²) in [6, 6.07) is 50.6. The summed E-state index contributed by atoms with van der Waals surface area (Å²) in [6.45, 7) is 2.13. The Labute approximate surface area is 227 Å². The second-order valence-electron chi connectivity index (χ2n) is 10.3. The molecule has 0 aliphatic rings. The van der Waals surface area contributed by atoms with Crippen molar-refractivity contribution in [2.45, 2.75) is 6.92 Å². The van der Waals surface area contributed by atoms with Crippen molar-refractivity contribution >= 4 is 43.6 Å². The summed E-state index contributed by atoms with van der Waals surface area (Å²) in [7, 11) is 0. The molecule has 2 heteroatoms. The smallest absolute Gasteiger partial charge is 0.0641 e. The van der Waals surface area contributed by atoms with Gasteiger partial charge in [-0.3, -0.25) is 0 Å². The molecule has 184 valence electrons. The van der Waals surface area contributed by atoms with E-state index in [0.717, 1.165) is 0 Å². The molecule has 0 radical (unpaired) electrons. The van der Waals surface area contributed by atoms with Crippen molar-refractivity contribution in [3.05, 3.63) is 145 Å². The zero-order valence-corrected chi connectivity index (χ0v) is 21.7. The van der Waals surface area contributed by atoms with Crippen LogP contribution in [0.5, 0.6) is 0 Å². The molecule has 0 amide bonds. The Bertz CT molecular complexity index is 2140. The summed E-state index contributed by atoms with van der Waals surface area (Å²) >= 11 is 0. The first kappa shape index (κ1) is 22.0. The monoisotopic (exact) mass is 498 g/mol. The van der Waals surface area contributed by atoms with Gasteiger partial charge in [-0.25, -0.2) is 0 Å². The second kappa shape index (κ2) is 8.47. The van der Waals surface area contributed by atoms with E-state index in [1.807, 2.05) is 0 Å². The van der Waals surface area contributed by atoms with Crippen molar-refractivity contribution in [3.63, 3.8) is 0 Å². The minimum Gasteiger partial charge on any atom is -0.309 e. The Morgan fingerprint density at radius 3 is 1.67 bits per heavy atom. The van der Waals surface area contributed by atoms with Crippen LogP contribution >= 0.6 is 0 Å². The van der Waals surface area contributed by atoms with E-state index in [4.69, 9.17) is 0 Å². The van der Waals surface area contributed by atoms with Crippen molar-refractivity contribution in [2.24, 2.45) is 0 Å². The van der Waals surface area contributed by atoms with Gasteiger partial charge in [0.05, 0.1) is 22.1 Å². The second-order valence-corrected chi connectivity index (χ2v) is 10.3. The molecule has 2 aromatic heterocycles. The lowest BCUT2D eigenvalue weighted by molar-refractivity contribution is 1.17. The average molecular weight is 499 g/mol. The Kier molecular flexibility index (Phi) is 4.77. The molecule has 0 aliphatic carbocycles. The minimum atomic E-state index is 1.17. The molecule has 0 spiro atoms. The SMILES string of the molecule is Cc1ccc(-c2ccc(-n3c4ccccc4c4ccc5c(c6ccccc6n5-c5ccccc5)c43)cc2)cc1. The normalized spacial score (nSPS) is 11.7. The molecule has 2 nitrogen and oxygen atoms in total. The van der Waals surface area contributed by atoms with Crippen LogP contribution in [0.3, 0.4) is 0 Å². The van der Waals surface area contributed by atoms with Crippen LogP contribution in [0.2, 0.25) is 0 Å². The van der Waals surface area contributed by atoms with Gasteiger partial charge in [-0.15, -0.1) is 0 Å². The Hall–Kier alpha value is -5.08. The maximum atomic E-state index is 2.45. The van der Waals surface area contributed by atoms with Crippen LogP contribution in [0, 0.1) is 6.92 Å². The summed E-state index contributed by atoms with van der Waals surface area (Å²) in [5.41, 5.74) is 11.0. The highest BCUT2D eigenvalue weighted by Gasteiger charge is 2.20. The van der Waals surface area contributed by atoms with Crippen LogP contribution in [0.25, 0.3) is 66.1 Å². The van der Waals surface area contributed by atoms with Gasteiger partial charge >= 0.3 is 0 Å². The lowest BCUT2D eigenvalue weighted by atomic mass is 10.0. The van der Waals surface area contributed by atoms with Crippen LogP contribution in [0.1, 0.15) is 5.56 Å². The predicted molar refractivity (Wildman–Crippen MR) is 165 cm³/mol. The highest BCUT2D eigenvalue weighted by Crippen LogP contribution is 2.42. The third-order valence-electron chi connectivity index (χ3n) is 7.99. The zero-order chi connectivity index (χ0) is 25.9. The van der Waals surface area contributed by atoms with Gasteiger partial charge in [-0.2, -0.15) is 0 Å². The molecular formula is C37H26N2. The van der Waals surface area contributed by atoms with Crippen LogP contribution < -0.4 is 0 Å². The quantitative estimate of drug-likeness (QED) is 0.229. The average Bonchev–Trinajstić information content (AvgIpc) is 3.51. The first-order valence-corrected chi connectivity index (χ1v) is 13.5. The number of rotatable bonds is 3. The van der Waals surface area contributed by atoms with Crippen LogP contribution in [0.4, 0.5) is 0 Å². The molecule has 0 bridgehead atoms. The zero-order valence-electron chi connectivity index (χ0n) is 21.7. The first-order valence-electron chi connectivity index (χ1n) is 13.5. The standard InChI is InChI=1S/C37H26N2/c1-25-15-17-26(18-16-25)27-19-21-29(22-20-27)39-33-13-7-5-11-30(33)31-23-24-35-36(37(31)39)32-12-6-8-14-34(32)38(35)28-9-3-2-4-10-28/h2-24H,1H3. The number of aryl methyl sites for hydroxylation is 1. The van der Waals surface area contributed by atoms with Crippen molar-refractivity contribution in [1.82, 2.24) is 9.13 Å². The third-order valence-corrected chi connectivity index (χ3v) is 7.99. The summed E-state index contributed by atoms with van der Waals surface area (Å²) in [5.74, 6) is 0. The molecule has 0 fully saturated rings. The van der Waals surface area contributed by atoms with Gasteiger partial charge in [-0.05, 0) is 60.5 Å². The van der Waals surface area contributed by atoms with Gasteiger partial charge < -0.3 is 9.13 Å². The Balaban J connectivity index is 1.47. The van der Waals surface area contributed by atoms with E-state index in [-0.39, 0.29) is 0 Å². The van der Waals surface area contributed by atoms with E-state index in [2.05, 4.69) is 156 Å². The third kappa shape index (κ3) is 3.28. The molecule has 39 heavy (non-hydrogen) atoms. The highest BCUT2D eigenvalue weighted by atomic mass is 15.0. The van der Waals surface area contributed by atoms with E-state index in [1.165, 1.54) is 71.7 Å². The Morgan fingerprint density at radius 1 is 0.385 bits per heavy atom. The van der Waals surface area contributed by atoms with Crippen LogP contribution in [-0.4, -0.2) is 9.13 Å². The lowest BCUT2D eigenvalue weighted by Gasteiger charge is -2.11. The fourth-order valence-corrected chi connectivity index (χ4v) is 6.18. The van der Waals surface area contributed by atoms with E-state index in [0.29, 0.717) is 0 Å². The van der Waals surface area contributed by atoms with Gasteiger partial charge in [0.1, 0.15) is 0 Å². The summed E-state index contributed by atoms with van der Waals surface area (Å²) < 4.78 is 4.85. The molecule has 2 heterocycles. The van der Waals surface area contributed by atoms with Crippen LogP contribution in [-0.2, 0) is 0 Å². The van der Waals surface area contributed by atoms with E-state index >= 15 is 0 Å². The number of para-hydroxylation sites is 3. The minimum absolute atomic E-state index is 1.17. The van der Waals surface area contributed by atoms with Crippen molar-refractivity contribution in [1.29, 1.82) is 0 Å².